The van der Waals surface area contributed by atoms with Crippen LogP contribution in [0.25, 0.3) is 28.0 Å². The zero-order chi connectivity index (χ0) is 16.7. The highest BCUT2D eigenvalue weighted by atomic mass is 16.1. The van der Waals surface area contributed by atoms with E-state index in [9.17, 15) is 4.79 Å². The number of aryl methyl sites for hydroxylation is 1. The molecule has 0 atom stereocenters. The van der Waals surface area contributed by atoms with Gasteiger partial charge in [-0.1, -0.05) is 24.3 Å². The predicted octanol–water partition coefficient (Wildman–Crippen LogP) is 2.50. The van der Waals surface area contributed by atoms with Crippen molar-refractivity contribution in [2.75, 3.05) is 0 Å². The Kier molecular flexibility index (Phi) is 3.16. The van der Waals surface area contributed by atoms with E-state index in [1.807, 2.05) is 61.9 Å². The Labute approximate surface area is 138 Å². The molecule has 4 rings (SSSR count). The Bertz CT molecular complexity index is 1060. The zero-order valence-electron chi connectivity index (χ0n) is 13.0. The van der Waals surface area contributed by atoms with Gasteiger partial charge in [-0.15, -0.1) is 0 Å². The van der Waals surface area contributed by atoms with Crippen LogP contribution in [-0.4, -0.2) is 25.1 Å². The minimum Gasteiger partial charge on any atom is -0.364 e. The van der Waals surface area contributed by atoms with Gasteiger partial charge in [-0.05, 0) is 29.3 Å². The van der Waals surface area contributed by atoms with E-state index in [0.717, 1.165) is 22.4 Å². The van der Waals surface area contributed by atoms with Gasteiger partial charge in [0.15, 0.2) is 0 Å². The smallest absolute Gasteiger partial charge is 0.267 e. The molecule has 0 fully saturated rings. The molecule has 0 radical (unpaired) electrons. The molecule has 0 aliphatic rings. The van der Waals surface area contributed by atoms with Crippen molar-refractivity contribution in [1.29, 1.82) is 0 Å². The minimum absolute atomic E-state index is 0.363. The fraction of sp³-hybridized carbons (Fsp3) is 0.0556. The average molecular weight is 317 g/mol. The molecule has 2 N–H and O–H groups in total. The second-order valence-electron chi connectivity index (χ2n) is 5.57. The van der Waals surface area contributed by atoms with Crippen LogP contribution in [0.2, 0.25) is 0 Å². The van der Waals surface area contributed by atoms with Crippen molar-refractivity contribution in [1.82, 2.24) is 19.2 Å². The first-order valence-electron chi connectivity index (χ1n) is 7.50. The summed E-state index contributed by atoms with van der Waals surface area (Å²) in [6, 6.07) is 13.9. The Balaban J connectivity index is 1.92. The Morgan fingerprint density at radius 1 is 1.08 bits per heavy atom. The number of carbonyl (C=O) groups excluding carboxylic acids is 1. The molecule has 6 nitrogen and oxygen atoms in total. The maximum atomic E-state index is 11.6. The number of imidazole rings is 1. The lowest BCUT2D eigenvalue weighted by molar-refractivity contribution is 0.0995. The number of pyridine rings is 1. The summed E-state index contributed by atoms with van der Waals surface area (Å²) in [7, 11) is 1.89. The first-order chi connectivity index (χ1) is 11.6. The molecule has 0 spiro atoms. The highest BCUT2D eigenvalue weighted by Crippen LogP contribution is 2.31. The zero-order valence-corrected chi connectivity index (χ0v) is 13.0. The number of hydrogen-bond donors (Lipinski definition) is 1. The van der Waals surface area contributed by atoms with Gasteiger partial charge in [-0.25, -0.2) is 4.98 Å². The van der Waals surface area contributed by atoms with E-state index in [-0.39, 0.29) is 0 Å². The number of aromatic nitrogens is 4. The molecule has 0 bridgehead atoms. The topological polar surface area (TPSA) is 78.2 Å². The van der Waals surface area contributed by atoms with Crippen molar-refractivity contribution < 1.29 is 4.79 Å². The molecule has 3 heterocycles. The van der Waals surface area contributed by atoms with Crippen molar-refractivity contribution in [3.8, 4) is 22.4 Å². The molecule has 0 unspecified atom stereocenters. The van der Waals surface area contributed by atoms with Crippen LogP contribution in [0.4, 0.5) is 0 Å². The monoisotopic (exact) mass is 317 g/mol. The van der Waals surface area contributed by atoms with Crippen LogP contribution in [0.5, 0.6) is 0 Å². The number of benzene rings is 1. The second-order valence-corrected chi connectivity index (χ2v) is 5.57. The average Bonchev–Trinajstić information content (AvgIpc) is 3.20. The third-order valence-electron chi connectivity index (χ3n) is 3.99. The largest absolute Gasteiger partial charge is 0.364 e. The highest BCUT2D eigenvalue weighted by molar-refractivity contribution is 5.92. The summed E-state index contributed by atoms with van der Waals surface area (Å²) in [6.07, 6.45) is 5.28. The molecule has 118 valence electrons. The lowest BCUT2D eigenvalue weighted by atomic mass is 9.99. The number of hydrogen-bond acceptors (Lipinski definition) is 3. The normalized spacial score (nSPS) is 11.0. The number of nitrogens with zero attached hydrogens (tertiary/aromatic N) is 4. The third-order valence-corrected chi connectivity index (χ3v) is 3.99. The lowest BCUT2D eigenvalue weighted by Gasteiger charge is -2.09. The van der Waals surface area contributed by atoms with E-state index in [4.69, 9.17) is 5.73 Å². The Morgan fingerprint density at radius 2 is 1.88 bits per heavy atom. The fourth-order valence-electron chi connectivity index (χ4n) is 2.84. The van der Waals surface area contributed by atoms with Crippen molar-refractivity contribution in [2.45, 2.75) is 0 Å². The van der Waals surface area contributed by atoms with E-state index in [1.54, 1.807) is 9.08 Å². The molecule has 6 heteroatoms. The number of nitrogens with two attached hydrogens (primary N) is 1. The van der Waals surface area contributed by atoms with E-state index in [1.165, 1.54) is 6.20 Å². The fourth-order valence-corrected chi connectivity index (χ4v) is 2.84. The van der Waals surface area contributed by atoms with Crippen LogP contribution < -0.4 is 5.73 Å². The van der Waals surface area contributed by atoms with Crippen molar-refractivity contribution in [2.24, 2.45) is 12.8 Å². The number of primary amides is 1. The highest BCUT2D eigenvalue weighted by Gasteiger charge is 2.12. The number of carbonyl (C=O) groups is 1. The molecule has 3 aromatic heterocycles. The second kappa shape index (κ2) is 5.34. The van der Waals surface area contributed by atoms with Crippen molar-refractivity contribution in [3.05, 3.63) is 66.7 Å². The van der Waals surface area contributed by atoms with Crippen molar-refractivity contribution in [3.63, 3.8) is 0 Å². The van der Waals surface area contributed by atoms with Gasteiger partial charge in [0.2, 0.25) is 0 Å². The van der Waals surface area contributed by atoms with Gasteiger partial charge in [0.25, 0.3) is 5.91 Å². The van der Waals surface area contributed by atoms with Gasteiger partial charge >= 0.3 is 0 Å². The standard InChI is InChI=1S/C18H15N5O/c1-22-9-8-15(21-22)14-5-3-2-4-13(14)12-6-7-17-20-10-16(18(19)24)23(17)11-12/h2-11H,1H3,(H2,19,24). The van der Waals surface area contributed by atoms with Gasteiger partial charge in [0.1, 0.15) is 11.3 Å². The number of fused-ring (bicyclic) bond motifs is 1. The first kappa shape index (κ1) is 14.2. The molecular formula is C18H15N5O. The Hall–Kier alpha value is -3.41. The summed E-state index contributed by atoms with van der Waals surface area (Å²) in [6.45, 7) is 0. The van der Waals surface area contributed by atoms with Gasteiger partial charge in [0, 0.05) is 25.0 Å². The summed E-state index contributed by atoms with van der Waals surface area (Å²) >= 11 is 0. The molecule has 1 amide bonds. The van der Waals surface area contributed by atoms with Gasteiger partial charge in [0.05, 0.1) is 11.9 Å². The molecule has 1 aromatic carbocycles. The van der Waals surface area contributed by atoms with E-state index < -0.39 is 5.91 Å². The Morgan fingerprint density at radius 3 is 2.58 bits per heavy atom. The molecule has 24 heavy (non-hydrogen) atoms. The maximum absolute atomic E-state index is 11.6. The van der Waals surface area contributed by atoms with E-state index in [0.29, 0.717) is 11.3 Å². The molecule has 0 aliphatic heterocycles. The molecule has 0 saturated heterocycles. The van der Waals surface area contributed by atoms with Gasteiger partial charge < -0.3 is 5.73 Å². The van der Waals surface area contributed by atoms with Crippen LogP contribution in [0.1, 0.15) is 10.5 Å². The van der Waals surface area contributed by atoms with Crippen molar-refractivity contribution >= 4 is 11.6 Å². The van der Waals surface area contributed by atoms with Gasteiger partial charge in [-0.2, -0.15) is 5.10 Å². The molecule has 0 aliphatic carbocycles. The van der Waals surface area contributed by atoms with Crippen LogP contribution in [0.3, 0.4) is 0 Å². The molecule has 4 aromatic rings. The maximum Gasteiger partial charge on any atom is 0.267 e. The predicted molar refractivity (Wildman–Crippen MR) is 91.3 cm³/mol. The molecular weight excluding hydrogens is 302 g/mol. The summed E-state index contributed by atoms with van der Waals surface area (Å²) in [4.78, 5) is 15.8. The summed E-state index contributed by atoms with van der Waals surface area (Å²) in [5, 5.41) is 4.49. The van der Waals surface area contributed by atoms with E-state index >= 15 is 0 Å². The van der Waals surface area contributed by atoms with Crippen LogP contribution in [0, 0.1) is 0 Å². The lowest BCUT2D eigenvalue weighted by Crippen LogP contribution is -2.13. The number of rotatable bonds is 3. The van der Waals surface area contributed by atoms with Crippen LogP contribution in [-0.2, 0) is 7.05 Å². The van der Waals surface area contributed by atoms with E-state index in [2.05, 4.69) is 10.1 Å². The summed E-state index contributed by atoms with van der Waals surface area (Å²) in [5.41, 5.74) is 10.4. The molecule has 0 saturated carbocycles. The quantitative estimate of drug-likeness (QED) is 0.630. The summed E-state index contributed by atoms with van der Waals surface area (Å²) in [5.74, 6) is -0.502. The van der Waals surface area contributed by atoms with Gasteiger partial charge in [-0.3, -0.25) is 13.9 Å². The summed E-state index contributed by atoms with van der Waals surface area (Å²) < 4.78 is 3.49. The SMILES string of the molecule is Cn1ccc(-c2ccccc2-c2ccc3ncc(C(N)=O)n3c2)n1. The third kappa shape index (κ3) is 2.25. The first-order valence-corrected chi connectivity index (χ1v) is 7.50. The van der Waals surface area contributed by atoms with Crippen LogP contribution >= 0.6 is 0 Å². The minimum atomic E-state index is -0.502. The number of amides is 1. The van der Waals surface area contributed by atoms with Crippen LogP contribution in [0.15, 0.2) is 61.1 Å².